The fourth-order valence-electron chi connectivity index (χ4n) is 4.19. The molecule has 0 bridgehead atoms. The number of nitrogens with zero attached hydrogens (tertiary/aromatic N) is 1. The van der Waals surface area contributed by atoms with Crippen LogP contribution in [0.3, 0.4) is 0 Å². The summed E-state index contributed by atoms with van der Waals surface area (Å²) in [5.41, 5.74) is 2.37. The van der Waals surface area contributed by atoms with Crippen LogP contribution < -0.4 is 0 Å². The van der Waals surface area contributed by atoms with Crippen LogP contribution in [-0.4, -0.2) is 50.8 Å². The van der Waals surface area contributed by atoms with E-state index in [2.05, 4.69) is 19.1 Å². The quantitative estimate of drug-likeness (QED) is 0.851. The molecule has 1 aromatic carbocycles. The maximum Gasteiger partial charge on any atom is 0.253 e. The summed E-state index contributed by atoms with van der Waals surface area (Å²) in [6.07, 6.45) is 4.21. The molecular formula is C20H29NO3. The van der Waals surface area contributed by atoms with Crippen LogP contribution in [0.5, 0.6) is 0 Å². The van der Waals surface area contributed by atoms with E-state index < -0.39 is 0 Å². The van der Waals surface area contributed by atoms with E-state index in [9.17, 15) is 4.79 Å². The highest BCUT2D eigenvalue weighted by molar-refractivity contribution is 5.94. The summed E-state index contributed by atoms with van der Waals surface area (Å²) >= 11 is 0. The highest BCUT2D eigenvalue weighted by Crippen LogP contribution is 2.44. The van der Waals surface area contributed by atoms with Crippen molar-refractivity contribution in [2.45, 2.75) is 32.6 Å². The van der Waals surface area contributed by atoms with Crippen LogP contribution in [0.25, 0.3) is 0 Å². The molecule has 132 valence electrons. The standard InChI is InChI=1S/C20H29NO3/c1-3-16-4-6-17(7-5-16)19(22)21-11-8-20(9-12-21)10-13-24-15-18(20)14-23-2/h4-7,18H,3,8-15H2,1-2H3/t18-/m1/s1. The van der Waals surface area contributed by atoms with Gasteiger partial charge in [0.2, 0.25) is 0 Å². The molecule has 0 radical (unpaired) electrons. The summed E-state index contributed by atoms with van der Waals surface area (Å²) < 4.78 is 11.1. The van der Waals surface area contributed by atoms with E-state index in [4.69, 9.17) is 9.47 Å². The minimum Gasteiger partial charge on any atom is -0.384 e. The first-order valence-corrected chi connectivity index (χ1v) is 9.13. The van der Waals surface area contributed by atoms with Crippen molar-refractivity contribution in [3.8, 4) is 0 Å². The first-order chi connectivity index (χ1) is 11.7. The second kappa shape index (κ2) is 7.66. The Morgan fingerprint density at radius 2 is 1.96 bits per heavy atom. The third kappa shape index (κ3) is 3.50. The average Bonchev–Trinajstić information content (AvgIpc) is 2.64. The van der Waals surface area contributed by atoms with Crippen molar-refractivity contribution in [2.75, 3.05) is 40.0 Å². The van der Waals surface area contributed by atoms with Gasteiger partial charge >= 0.3 is 0 Å². The topological polar surface area (TPSA) is 38.8 Å². The van der Waals surface area contributed by atoms with Crippen molar-refractivity contribution in [3.05, 3.63) is 35.4 Å². The minimum atomic E-state index is 0.169. The molecule has 24 heavy (non-hydrogen) atoms. The second-order valence-corrected chi connectivity index (χ2v) is 7.18. The van der Waals surface area contributed by atoms with E-state index in [1.165, 1.54) is 5.56 Å². The van der Waals surface area contributed by atoms with Crippen LogP contribution in [0.4, 0.5) is 0 Å². The molecule has 2 heterocycles. The minimum absolute atomic E-state index is 0.169. The van der Waals surface area contributed by atoms with Gasteiger partial charge in [-0.15, -0.1) is 0 Å². The molecule has 3 rings (SSSR count). The summed E-state index contributed by atoms with van der Waals surface area (Å²) in [5, 5.41) is 0. The lowest BCUT2D eigenvalue weighted by atomic mass is 9.66. The summed E-state index contributed by atoms with van der Waals surface area (Å²) in [6.45, 7) is 6.20. The fraction of sp³-hybridized carbons (Fsp3) is 0.650. The van der Waals surface area contributed by atoms with Crippen LogP contribution in [-0.2, 0) is 15.9 Å². The SMILES string of the molecule is CCc1ccc(C(=O)N2CCC3(CCOC[C@H]3COC)CC2)cc1. The normalized spacial score (nSPS) is 23.4. The molecule has 4 heteroatoms. The number of benzene rings is 1. The number of amides is 1. The van der Waals surface area contributed by atoms with Gasteiger partial charge in [0.25, 0.3) is 5.91 Å². The van der Waals surface area contributed by atoms with Crippen LogP contribution in [0, 0.1) is 11.3 Å². The van der Waals surface area contributed by atoms with Gasteiger partial charge in [-0.05, 0) is 48.8 Å². The van der Waals surface area contributed by atoms with Crippen molar-refractivity contribution >= 4 is 5.91 Å². The van der Waals surface area contributed by atoms with Crippen molar-refractivity contribution in [1.82, 2.24) is 4.90 Å². The fourth-order valence-corrected chi connectivity index (χ4v) is 4.19. The van der Waals surface area contributed by atoms with Crippen molar-refractivity contribution in [3.63, 3.8) is 0 Å². The van der Waals surface area contributed by atoms with Gasteiger partial charge in [0.1, 0.15) is 0 Å². The molecule has 0 aromatic heterocycles. The Bertz CT molecular complexity index is 545. The number of carbonyl (C=O) groups excluding carboxylic acids is 1. The molecule has 2 fully saturated rings. The molecule has 4 nitrogen and oxygen atoms in total. The molecule has 2 aliphatic heterocycles. The molecule has 0 saturated carbocycles. The number of hydrogen-bond acceptors (Lipinski definition) is 3. The van der Waals surface area contributed by atoms with E-state index >= 15 is 0 Å². The lowest BCUT2D eigenvalue weighted by molar-refractivity contribution is -0.0912. The van der Waals surface area contributed by atoms with Crippen LogP contribution >= 0.6 is 0 Å². The van der Waals surface area contributed by atoms with Gasteiger partial charge in [0, 0.05) is 38.3 Å². The molecule has 1 aromatic rings. The van der Waals surface area contributed by atoms with Crippen molar-refractivity contribution in [1.29, 1.82) is 0 Å². The van der Waals surface area contributed by atoms with E-state index in [1.54, 1.807) is 7.11 Å². The van der Waals surface area contributed by atoms with Gasteiger partial charge in [0.05, 0.1) is 13.2 Å². The van der Waals surface area contributed by atoms with Gasteiger partial charge in [-0.25, -0.2) is 0 Å². The first kappa shape index (κ1) is 17.4. The number of likely N-dealkylation sites (tertiary alicyclic amines) is 1. The van der Waals surface area contributed by atoms with Gasteiger partial charge in [0.15, 0.2) is 0 Å². The summed E-state index contributed by atoms with van der Waals surface area (Å²) in [4.78, 5) is 14.8. The number of rotatable bonds is 4. The maximum absolute atomic E-state index is 12.8. The molecule has 1 atom stereocenters. The average molecular weight is 331 g/mol. The van der Waals surface area contributed by atoms with Crippen LogP contribution in [0.2, 0.25) is 0 Å². The Kier molecular flexibility index (Phi) is 5.57. The number of piperidine rings is 1. The number of ether oxygens (including phenoxy) is 2. The highest BCUT2D eigenvalue weighted by atomic mass is 16.5. The Morgan fingerprint density at radius 1 is 1.25 bits per heavy atom. The molecule has 1 amide bonds. The number of aryl methyl sites for hydroxylation is 1. The van der Waals surface area contributed by atoms with E-state index in [-0.39, 0.29) is 11.3 Å². The number of hydrogen-bond donors (Lipinski definition) is 0. The third-order valence-corrected chi connectivity index (χ3v) is 5.95. The summed E-state index contributed by atoms with van der Waals surface area (Å²) in [5.74, 6) is 0.625. The number of methoxy groups -OCH3 is 1. The van der Waals surface area contributed by atoms with Crippen molar-refractivity contribution < 1.29 is 14.3 Å². The Balaban J connectivity index is 1.64. The van der Waals surface area contributed by atoms with Gasteiger partial charge in [-0.2, -0.15) is 0 Å². The van der Waals surface area contributed by atoms with E-state index in [1.807, 2.05) is 17.0 Å². The predicted molar refractivity (Wildman–Crippen MR) is 94.2 cm³/mol. The van der Waals surface area contributed by atoms with Gasteiger partial charge in [-0.3, -0.25) is 4.79 Å². The van der Waals surface area contributed by atoms with Crippen LogP contribution in [0.1, 0.15) is 42.1 Å². The molecule has 2 aliphatic rings. The van der Waals surface area contributed by atoms with Crippen LogP contribution in [0.15, 0.2) is 24.3 Å². The zero-order valence-corrected chi connectivity index (χ0v) is 14.9. The van der Waals surface area contributed by atoms with Crippen molar-refractivity contribution in [2.24, 2.45) is 11.3 Å². The maximum atomic E-state index is 12.8. The van der Waals surface area contributed by atoms with E-state index in [0.717, 1.165) is 64.2 Å². The lowest BCUT2D eigenvalue weighted by Gasteiger charge is -2.48. The summed E-state index contributed by atoms with van der Waals surface area (Å²) in [6, 6.07) is 8.05. The Labute approximate surface area is 145 Å². The molecular weight excluding hydrogens is 302 g/mol. The summed E-state index contributed by atoms with van der Waals surface area (Å²) in [7, 11) is 1.76. The van der Waals surface area contributed by atoms with E-state index in [0.29, 0.717) is 5.92 Å². The first-order valence-electron chi connectivity index (χ1n) is 9.13. The predicted octanol–water partition coefficient (Wildman–Crippen LogP) is 3.15. The van der Waals surface area contributed by atoms with Gasteiger partial charge in [-0.1, -0.05) is 19.1 Å². The Hall–Kier alpha value is -1.39. The zero-order valence-electron chi connectivity index (χ0n) is 14.9. The highest BCUT2D eigenvalue weighted by Gasteiger charge is 2.44. The zero-order chi connectivity index (χ0) is 17.0. The van der Waals surface area contributed by atoms with Gasteiger partial charge < -0.3 is 14.4 Å². The molecule has 1 spiro atoms. The smallest absolute Gasteiger partial charge is 0.253 e. The monoisotopic (exact) mass is 331 g/mol. The molecule has 0 N–H and O–H groups in total. The third-order valence-electron chi connectivity index (χ3n) is 5.95. The largest absolute Gasteiger partial charge is 0.384 e. The Morgan fingerprint density at radius 3 is 2.58 bits per heavy atom. The molecule has 0 unspecified atom stereocenters. The molecule has 0 aliphatic carbocycles. The lowest BCUT2D eigenvalue weighted by Crippen LogP contribution is -2.50. The molecule has 2 saturated heterocycles. The number of carbonyl (C=O) groups is 1. The second-order valence-electron chi connectivity index (χ2n) is 7.18.